The smallest absolute Gasteiger partial charge is 0.387 e. The lowest BCUT2D eigenvalue weighted by molar-refractivity contribution is -0.122. The minimum absolute atomic E-state index is 0.130. The molecule has 1 aliphatic heterocycles. The van der Waals surface area contributed by atoms with E-state index in [0.29, 0.717) is 45.9 Å². The van der Waals surface area contributed by atoms with Crippen molar-refractivity contribution in [1.82, 2.24) is 10.2 Å². The Bertz CT molecular complexity index is 660. The van der Waals surface area contributed by atoms with Crippen molar-refractivity contribution in [3.63, 3.8) is 0 Å². The summed E-state index contributed by atoms with van der Waals surface area (Å²) in [6.07, 6.45) is 6.19. The summed E-state index contributed by atoms with van der Waals surface area (Å²) in [5.74, 6) is -0.0375. The lowest BCUT2D eigenvalue weighted by Crippen LogP contribution is -2.41. The van der Waals surface area contributed by atoms with Crippen molar-refractivity contribution in [2.45, 2.75) is 31.9 Å². The summed E-state index contributed by atoms with van der Waals surface area (Å²) in [5, 5.41) is 2.77. The number of nitrogens with zero attached hydrogens (tertiary/aromatic N) is 2. The van der Waals surface area contributed by atoms with Crippen molar-refractivity contribution in [2.75, 3.05) is 44.4 Å². The fourth-order valence-corrected chi connectivity index (χ4v) is 2.90. The van der Waals surface area contributed by atoms with Gasteiger partial charge in [0.25, 0.3) is 0 Å². The summed E-state index contributed by atoms with van der Waals surface area (Å²) in [5.41, 5.74) is 12.1. The number of rotatable bonds is 14. The maximum absolute atomic E-state index is 12.2. The van der Waals surface area contributed by atoms with E-state index in [4.69, 9.17) is 16.2 Å². The van der Waals surface area contributed by atoms with Crippen LogP contribution in [-0.4, -0.2) is 63.0 Å². The van der Waals surface area contributed by atoms with Gasteiger partial charge >= 0.3 is 6.61 Å². The molecule has 10 heteroatoms. The summed E-state index contributed by atoms with van der Waals surface area (Å²) in [7, 11) is 0. The number of unbranched alkanes of at least 4 members (excludes halogenated alkanes) is 1. The molecular weight excluding hydrogens is 396 g/mol. The van der Waals surface area contributed by atoms with E-state index in [2.05, 4.69) is 15.0 Å². The van der Waals surface area contributed by atoms with Crippen LogP contribution in [-0.2, 0) is 9.53 Å². The number of hydrogen-bond donors (Lipinski definition) is 3. The molecule has 1 aromatic rings. The van der Waals surface area contributed by atoms with E-state index in [1.807, 2.05) is 17.3 Å². The molecule has 2 rings (SSSR count). The predicted octanol–water partition coefficient (Wildman–Crippen LogP) is 1.43. The van der Waals surface area contributed by atoms with Gasteiger partial charge in [0.15, 0.2) is 0 Å². The summed E-state index contributed by atoms with van der Waals surface area (Å²) in [4.78, 5) is 15.9. The second kappa shape index (κ2) is 13.0. The summed E-state index contributed by atoms with van der Waals surface area (Å²) in [6.45, 7) is 0.433. The average Bonchev–Trinajstić information content (AvgIpc) is 3.19. The van der Waals surface area contributed by atoms with Gasteiger partial charge in [0.1, 0.15) is 5.75 Å². The molecule has 8 nitrogen and oxygen atoms in total. The van der Waals surface area contributed by atoms with Gasteiger partial charge in [-0.1, -0.05) is 6.42 Å². The number of nitrogens with one attached hydrogen (secondary N) is 1. The van der Waals surface area contributed by atoms with Gasteiger partial charge in [-0.15, -0.1) is 0 Å². The number of alkyl halides is 2. The van der Waals surface area contributed by atoms with Gasteiger partial charge in [0, 0.05) is 31.2 Å². The van der Waals surface area contributed by atoms with Gasteiger partial charge in [0.05, 0.1) is 25.9 Å². The lowest BCUT2D eigenvalue weighted by atomic mass is 10.1. The number of anilines is 1. The van der Waals surface area contributed by atoms with Crippen LogP contribution in [0.5, 0.6) is 5.75 Å². The zero-order valence-electron chi connectivity index (χ0n) is 17.0. The molecule has 5 N–H and O–H groups in total. The fourth-order valence-electron chi connectivity index (χ4n) is 2.90. The number of benzene rings is 1. The quantitative estimate of drug-likeness (QED) is 0.386. The molecule has 1 atom stereocenters. The maximum atomic E-state index is 12.2. The van der Waals surface area contributed by atoms with Gasteiger partial charge in [-0.3, -0.25) is 4.79 Å². The second-order valence-electron chi connectivity index (χ2n) is 6.89. The van der Waals surface area contributed by atoms with E-state index in [1.54, 1.807) is 12.1 Å². The Morgan fingerprint density at radius 3 is 2.63 bits per heavy atom. The molecule has 0 spiro atoms. The van der Waals surface area contributed by atoms with Crippen LogP contribution in [0, 0.1) is 0 Å². The molecule has 0 aromatic heterocycles. The predicted molar refractivity (Wildman–Crippen MR) is 111 cm³/mol. The second-order valence-corrected chi connectivity index (χ2v) is 6.89. The van der Waals surface area contributed by atoms with Crippen molar-refractivity contribution in [3.8, 4) is 5.75 Å². The lowest BCUT2D eigenvalue weighted by Gasteiger charge is -2.21. The Morgan fingerprint density at radius 2 is 1.93 bits per heavy atom. The number of amides is 1. The van der Waals surface area contributed by atoms with E-state index < -0.39 is 12.7 Å². The van der Waals surface area contributed by atoms with Crippen LogP contribution in [0.2, 0.25) is 0 Å². The SMILES string of the molecule is NCCCCC(N)C(=O)NCCOCCN1C=CN(c2ccc(OC(F)F)cc2)C1. The Kier molecular flexibility index (Phi) is 10.3. The maximum Gasteiger partial charge on any atom is 0.387 e. The fraction of sp³-hybridized carbons (Fsp3) is 0.550. The van der Waals surface area contributed by atoms with Gasteiger partial charge < -0.3 is 36.1 Å². The number of hydrogen-bond acceptors (Lipinski definition) is 7. The molecular formula is C20H31F2N5O3. The van der Waals surface area contributed by atoms with Gasteiger partial charge in [-0.2, -0.15) is 8.78 Å². The van der Waals surface area contributed by atoms with Crippen molar-refractivity contribution in [1.29, 1.82) is 0 Å². The van der Waals surface area contributed by atoms with Crippen LogP contribution in [0.15, 0.2) is 36.7 Å². The zero-order chi connectivity index (χ0) is 21.8. The molecule has 0 aliphatic carbocycles. The third-order valence-electron chi connectivity index (χ3n) is 4.56. The number of halogens is 2. The molecule has 1 amide bonds. The van der Waals surface area contributed by atoms with Gasteiger partial charge in [-0.05, 0) is 43.7 Å². The molecule has 30 heavy (non-hydrogen) atoms. The summed E-state index contributed by atoms with van der Waals surface area (Å²) in [6, 6.07) is 5.98. The average molecular weight is 427 g/mol. The molecule has 0 saturated carbocycles. The highest BCUT2D eigenvalue weighted by molar-refractivity contribution is 5.81. The topological polar surface area (TPSA) is 106 Å². The third-order valence-corrected chi connectivity index (χ3v) is 4.56. The van der Waals surface area contributed by atoms with Crippen LogP contribution >= 0.6 is 0 Å². The van der Waals surface area contributed by atoms with E-state index >= 15 is 0 Å². The Balaban J connectivity index is 1.56. The van der Waals surface area contributed by atoms with E-state index in [1.165, 1.54) is 12.1 Å². The monoisotopic (exact) mass is 427 g/mol. The first-order valence-electron chi connectivity index (χ1n) is 10.0. The Labute approximate surface area is 175 Å². The molecule has 0 saturated heterocycles. The van der Waals surface area contributed by atoms with Crippen molar-refractivity contribution in [3.05, 3.63) is 36.7 Å². The first-order valence-corrected chi connectivity index (χ1v) is 10.0. The van der Waals surface area contributed by atoms with Crippen molar-refractivity contribution in [2.24, 2.45) is 11.5 Å². The van der Waals surface area contributed by atoms with Crippen LogP contribution in [0.4, 0.5) is 14.5 Å². The first-order chi connectivity index (χ1) is 14.5. The van der Waals surface area contributed by atoms with Crippen molar-refractivity contribution < 1.29 is 23.0 Å². The number of nitrogens with two attached hydrogens (primary N) is 2. The van der Waals surface area contributed by atoms with Crippen molar-refractivity contribution >= 4 is 11.6 Å². The van der Waals surface area contributed by atoms with Gasteiger partial charge in [-0.25, -0.2) is 0 Å². The van der Waals surface area contributed by atoms with Crippen LogP contribution in [0.1, 0.15) is 19.3 Å². The molecule has 0 fully saturated rings. The van der Waals surface area contributed by atoms with Crippen LogP contribution in [0.3, 0.4) is 0 Å². The normalized spacial score (nSPS) is 14.4. The highest BCUT2D eigenvalue weighted by atomic mass is 19.3. The highest BCUT2D eigenvalue weighted by Gasteiger charge is 2.15. The standard InChI is InChI=1S/C20H31F2N5O3/c21-20(22)30-17-6-4-16(5-7-17)27-11-10-26(15-27)12-14-29-13-9-25-19(28)18(24)3-1-2-8-23/h4-7,10-11,18,20H,1-3,8-9,12-15,23-24H2,(H,25,28). The van der Waals surface area contributed by atoms with E-state index in [0.717, 1.165) is 18.5 Å². The van der Waals surface area contributed by atoms with E-state index in [-0.39, 0.29) is 11.7 Å². The van der Waals surface area contributed by atoms with Crippen LogP contribution in [0.25, 0.3) is 0 Å². The number of carbonyl (C=O) groups is 1. The van der Waals surface area contributed by atoms with E-state index in [9.17, 15) is 13.6 Å². The minimum Gasteiger partial charge on any atom is -0.435 e. The molecule has 168 valence electrons. The Hall–Kier alpha value is -2.43. The van der Waals surface area contributed by atoms with Gasteiger partial charge in [0.2, 0.25) is 5.91 Å². The van der Waals surface area contributed by atoms with Crippen LogP contribution < -0.4 is 26.4 Å². The molecule has 1 unspecified atom stereocenters. The number of carbonyl (C=O) groups excluding carboxylic acids is 1. The zero-order valence-corrected chi connectivity index (χ0v) is 17.0. The highest BCUT2D eigenvalue weighted by Crippen LogP contribution is 2.23. The number of ether oxygens (including phenoxy) is 2. The molecule has 1 aromatic carbocycles. The third kappa shape index (κ3) is 8.52. The molecule has 0 bridgehead atoms. The summed E-state index contributed by atoms with van der Waals surface area (Å²) < 4.78 is 34.3. The molecule has 0 radical (unpaired) electrons. The molecule has 1 heterocycles. The largest absolute Gasteiger partial charge is 0.435 e. The Morgan fingerprint density at radius 1 is 1.17 bits per heavy atom. The first kappa shape index (κ1) is 23.8. The summed E-state index contributed by atoms with van der Waals surface area (Å²) >= 11 is 0. The minimum atomic E-state index is -2.83. The molecule has 1 aliphatic rings.